The second-order valence-corrected chi connectivity index (χ2v) is 7.95. The molecule has 0 saturated carbocycles. The lowest BCUT2D eigenvalue weighted by molar-refractivity contribution is -0.118. The van der Waals surface area contributed by atoms with E-state index in [-0.39, 0.29) is 5.91 Å². The van der Waals surface area contributed by atoms with Crippen LogP contribution >= 0.6 is 35.1 Å². The summed E-state index contributed by atoms with van der Waals surface area (Å²) < 4.78 is 5.83. The Morgan fingerprint density at radius 2 is 2.12 bits per heavy atom. The molecule has 0 radical (unpaired) electrons. The summed E-state index contributed by atoms with van der Waals surface area (Å²) in [7, 11) is 0. The van der Waals surface area contributed by atoms with Gasteiger partial charge < -0.3 is 4.74 Å². The molecule has 0 aliphatic carbocycles. The number of thioether (sulfide) groups is 2. The van der Waals surface area contributed by atoms with Gasteiger partial charge in [0.1, 0.15) is 11.9 Å². The van der Waals surface area contributed by atoms with Gasteiger partial charge in [0.15, 0.2) is 0 Å². The Bertz CT molecular complexity index is 749. The van der Waals surface area contributed by atoms with E-state index >= 15 is 0 Å². The molecule has 4 nitrogen and oxygen atoms in total. The topological polar surface area (TPSA) is 50.7 Å². The number of nitrogens with zero attached hydrogens (tertiary/aromatic N) is 1. The minimum absolute atomic E-state index is 0.157. The van der Waals surface area contributed by atoms with E-state index in [1.807, 2.05) is 48.2 Å². The van der Waals surface area contributed by atoms with E-state index in [2.05, 4.69) is 10.5 Å². The number of ether oxygens (including phenoxy) is 1. The maximum absolute atomic E-state index is 11.8. The van der Waals surface area contributed by atoms with E-state index in [0.717, 1.165) is 27.7 Å². The van der Waals surface area contributed by atoms with E-state index in [9.17, 15) is 4.79 Å². The van der Waals surface area contributed by atoms with Crippen molar-refractivity contribution in [3.05, 3.63) is 59.1 Å². The SMILES string of the molecule is O=C(CSc1ccc(Cl)cc1)N/N=C\c1cccc(OC2CSC2)c1. The Kier molecular flexibility index (Phi) is 6.67. The third-order valence-corrected chi connectivity index (χ3v) is 5.83. The van der Waals surface area contributed by atoms with Gasteiger partial charge in [0.05, 0.1) is 12.0 Å². The molecule has 1 N–H and O–H groups in total. The van der Waals surface area contributed by atoms with Crippen LogP contribution in [-0.4, -0.2) is 35.5 Å². The molecule has 2 aromatic carbocycles. The maximum Gasteiger partial charge on any atom is 0.250 e. The lowest BCUT2D eigenvalue weighted by Crippen LogP contribution is -2.31. The number of hydrogen-bond donors (Lipinski definition) is 1. The van der Waals surface area contributed by atoms with Crippen molar-refractivity contribution in [3.63, 3.8) is 0 Å². The molecule has 2 aromatic rings. The Hall–Kier alpha value is -1.63. The second kappa shape index (κ2) is 9.17. The molecule has 1 heterocycles. The first-order valence-corrected chi connectivity index (χ1v) is 10.3. The van der Waals surface area contributed by atoms with Crippen molar-refractivity contribution in [1.82, 2.24) is 5.43 Å². The average molecular weight is 393 g/mol. The van der Waals surface area contributed by atoms with Crippen molar-refractivity contribution in [2.75, 3.05) is 17.3 Å². The monoisotopic (exact) mass is 392 g/mol. The fourth-order valence-electron chi connectivity index (χ4n) is 2.03. The van der Waals surface area contributed by atoms with E-state index in [1.54, 1.807) is 18.3 Å². The minimum atomic E-state index is -0.157. The van der Waals surface area contributed by atoms with E-state index in [4.69, 9.17) is 16.3 Å². The van der Waals surface area contributed by atoms with Gasteiger partial charge in [-0.3, -0.25) is 4.79 Å². The highest BCUT2D eigenvalue weighted by molar-refractivity contribution is 8.00. The van der Waals surface area contributed by atoms with Crippen molar-refractivity contribution in [2.45, 2.75) is 11.0 Å². The van der Waals surface area contributed by atoms with Crippen molar-refractivity contribution in [3.8, 4) is 5.75 Å². The van der Waals surface area contributed by atoms with Gasteiger partial charge in [0.25, 0.3) is 0 Å². The van der Waals surface area contributed by atoms with E-state index in [1.165, 1.54) is 11.8 Å². The quantitative estimate of drug-likeness (QED) is 0.438. The van der Waals surface area contributed by atoms with Crippen LogP contribution in [0, 0.1) is 0 Å². The van der Waals surface area contributed by atoms with Crippen molar-refractivity contribution < 1.29 is 9.53 Å². The van der Waals surface area contributed by atoms with Crippen LogP contribution in [0.2, 0.25) is 5.02 Å². The molecule has 3 rings (SSSR count). The summed E-state index contributed by atoms with van der Waals surface area (Å²) in [6, 6.07) is 15.1. The van der Waals surface area contributed by atoms with Gasteiger partial charge in [-0.25, -0.2) is 5.43 Å². The third kappa shape index (κ3) is 5.99. The van der Waals surface area contributed by atoms with Gasteiger partial charge >= 0.3 is 0 Å². The van der Waals surface area contributed by atoms with Gasteiger partial charge in [-0.05, 0) is 42.0 Å². The van der Waals surface area contributed by atoms with Gasteiger partial charge in [-0.1, -0.05) is 23.7 Å². The third-order valence-electron chi connectivity index (χ3n) is 3.35. The summed E-state index contributed by atoms with van der Waals surface area (Å²) in [5.41, 5.74) is 3.42. The first-order valence-electron chi connectivity index (χ1n) is 7.74. The summed E-state index contributed by atoms with van der Waals surface area (Å²) in [6.07, 6.45) is 1.93. The lowest BCUT2D eigenvalue weighted by Gasteiger charge is -2.25. The number of carbonyl (C=O) groups is 1. The van der Waals surface area contributed by atoms with Crippen LogP contribution in [0.3, 0.4) is 0 Å². The van der Waals surface area contributed by atoms with Gasteiger partial charge in [0, 0.05) is 21.4 Å². The van der Waals surface area contributed by atoms with Crippen LogP contribution in [0.4, 0.5) is 0 Å². The summed E-state index contributed by atoms with van der Waals surface area (Å²) in [6.45, 7) is 0. The molecule has 1 amide bonds. The number of benzene rings is 2. The Morgan fingerprint density at radius 1 is 1.32 bits per heavy atom. The Labute approximate surface area is 160 Å². The standard InChI is InChI=1S/C18H17ClN2O2S2/c19-14-4-6-17(7-5-14)25-12-18(22)21-20-9-13-2-1-3-15(8-13)23-16-10-24-11-16/h1-9,16H,10-12H2,(H,21,22)/b20-9-. The summed E-state index contributed by atoms with van der Waals surface area (Å²) in [5.74, 6) is 3.05. The fraction of sp³-hybridized carbons (Fsp3) is 0.222. The molecule has 1 saturated heterocycles. The summed E-state index contributed by atoms with van der Waals surface area (Å²) in [5, 5.41) is 4.68. The average Bonchev–Trinajstić information content (AvgIpc) is 2.58. The normalized spacial score (nSPS) is 14.3. The summed E-state index contributed by atoms with van der Waals surface area (Å²) >= 11 is 9.15. The highest BCUT2D eigenvalue weighted by Gasteiger charge is 2.19. The molecular formula is C18H17ClN2O2S2. The van der Waals surface area contributed by atoms with Crippen LogP contribution in [0.15, 0.2) is 58.5 Å². The number of hydrogen-bond acceptors (Lipinski definition) is 5. The largest absolute Gasteiger partial charge is 0.489 e. The van der Waals surface area contributed by atoms with Crippen LogP contribution < -0.4 is 10.2 Å². The maximum atomic E-state index is 11.8. The van der Waals surface area contributed by atoms with Crippen LogP contribution in [0.25, 0.3) is 0 Å². The lowest BCUT2D eigenvalue weighted by atomic mass is 10.2. The molecule has 0 unspecified atom stereocenters. The fourth-order valence-corrected chi connectivity index (χ4v) is 3.41. The first kappa shape index (κ1) is 18.2. The molecule has 0 atom stereocenters. The second-order valence-electron chi connectivity index (χ2n) is 5.39. The molecule has 130 valence electrons. The van der Waals surface area contributed by atoms with E-state index in [0.29, 0.717) is 16.9 Å². The van der Waals surface area contributed by atoms with E-state index < -0.39 is 0 Å². The number of hydrazone groups is 1. The Morgan fingerprint density at radius 3 is 2.84 bits per heavy atom. The zero-order chi connectivity index (χ0) is 17.5. The Balaban J connectivity index is 1.44. The van der Waals surface area contributed by atoms with Crippen LogP contribution in [0.1, 0.15) is 5.56 Å². The zero-order valence-corrected chi connectivity index (χ0v) is 15.7. The number of amides is 1. The molecule has 0 aromatic heterocycles. The summed E-state index contributed by atoms with van der Waals surface area (Å²) in [4.78, 5) is 12.8. The minimum Gasteiger partial charge on any atom is -0.489 e. The highest BCUT2D eigenvalue weighted by Crippen LogP contribution is 2.24. The number of carbonyl (C=O) groups excluding carboxylic acids is 1. The molecular weight excluding hydrogens is 376 g/mol. The molecule has 7 heteroatoms. The van der Waals surface area contributed by atoms with Crippen LogP contribution in [0.5, 0.6) is 5.75 Å². The zero-order valence-electron chi connectivity index (χ0n) is 13.4. The van der Waals surface area contributed by atoms with Crippen molar-refractivity contribution in [2.24, 2.45) is 5.10 Å². The molecule has 0 bridgehead atoms. The van der Waals surface area contributed by atoms with Crippen molar-refractivity contribution in [1.29, 1.82) is 0 Å². The number of rotatable bonds is 7. The predicted octanol–water partition coefficient (Wildman–Crippen LogP) is 4.08. The first-order chi connectivity index (χ1) is 12.2. The molecule has 1 fully saturated rings. The van der Waals surface area contributed by atoms with Gasteiger partial charge in [-0.2, -0.15) is 16.9 Å². The van der Waals surface area contributed by atoms with Gasteiger partial charge in [0.2, 0.25) is 5.91 Å². The van der Waals surface area contributed by atoms with Gasteiger partial charge in [-0.15, -0.1) is 11.8 Å². The number of nitrogens with one attached hydrogen (secondary N) is 1. The molecule has 25 heavy (non-hydrogen) atoms. The molecule has 1 aliphatic rings. The highest BCUT2D eigenvalue weighted by atomic mass is 35.5. The van der Waals surface area contributed by atoms with Crippen LogP contribution in [-0.2, 0) is 4.79 Å². The predicted molar refractivity (Wildman–Crippen MR) is 106 cm³/mol. The molecule has 0 spiro atoms. The smallest absolute Gasteiger partial charge is 0.250 e. The van der Waals surface area contributed by atoms with Crippen molar-refractivity contribution >= 4 is 47.2 Å². The molecule has 1 aliphatic heterocycles. The number of halogens is 1.